The highest BCUT2D eigenvalue weighted by atomic mass is 19.1. The Balaban J connectivity index is 2.74. The van der Waals surface area contributed by atoms with E-state index in [1.165, 1.54) is 0 Å². The van der Waals surface area contributed by atoms with Crippen LogP contribution in [0.25, 0.3) is 0 Å². The summed E-state index contributed by atoms with van der Waals surface area (Å²) < 4.78 is 12.9. The number of amides is 1. The van der Waals surface area contributed by atoms with Crippen molar-refractivity contribution in [2.75, 3.05) is 19.8 Å². The number of aliphatic imine (C=N–C) groups is 1. The third kappa shape index (κ3) is 6.92. The number of halogens is 1. The summed E-state index contributed by atoms with van der Waals surface area (Å²) in [4.78, 5) is 42.8. The molecule has 1 aliphatic heterocycles. The SMILES string of the molecule is CC(C)[C@H](C)C(=O)N1CCC[C@H]1C(=O)C[C@@H](CCCN=C(N)N)C(=O)CF. The lowest BCUT2D eigenvalue weighted by molar-refractivity contribution is -0.142. The molecular formula is C19H33FN4O3. The second-order valence-electron chi connectivity index (χ2n) is 7.64. The fraction of sp³-hybridized carbons (Fsp3) is 0.789. The van der Waals surface area contributed by atoms with Crippen molar-refractivity contribution in [2.24, 2.45) is 34.2 Å². The maximum atomic E-state index is 12.9. The number of carbonyl (C=O) groups is 3. The van der Waals surface area contributed by atoms with Crippen molar-refractivity contribution in [1.82, 2.24) is 4.90 Å². The zero-order chi connectivity index (χ0) is 20.6. The van der Waals surface area contributed by atoms with Crippen molar-refractivity contribution in [3.63, 3.8) is 0 Å². The number of nitrogens with zero attached hydrogens (tertiary/aromatic N) is 2. The number of guanidine groups is 1. The van der Waals surface area contributed by atoms with Gasteiger partial charge >= 0.3 is 0 Å². The topological polar surface area (TPSA) is 119 Å². The van der Waals surface area contributed by atoms with Crippen molar-refractivity contribution in [3.05, 3.63) is 0 Å². The molecule has 0 aliphatic carbocycles. The predicted octanol–water partition coefficient (Wildman–Crippen LogP) is 1.44. The Kier molecular flexibility index (Phi) is 9.38. The summed E-state index contributed by atoms with van der Waals surface area (Å²) in [7, 11) is 0. The molecule has 7 nitrogen and oxygen atoms in total. The molecule has 0 aromatic rings. The number of rotatable bonds is 11. The third-order valence-corrected chi connectivity index (χ3v) is 5.34. The molecule has 0 aromatic carbocycles. The van der Waals surface area contributed by atoms with Crippen molar-refractivity contribution in [3.8, 4) is 0 Å². The standard InChI is InChI=1S/C19H33FN4O3/c1-12(2)13(3)18(27)24-9-5-7-15(24)16(25)10-14(17(26)11-20)6-4-8-23-19(21)22/h12-15H,4-11H2,1-3H3,(H4,21,22,23)/t13-,14+,15-/m0/s1. The van der Waals surface area contributed by atoms with E-state index < -0.39 is 24.4 Å². The molecule has 8 heteroatoms. The van der Waals surface area contributed by atoms with E-state index in [-0.39, 0.29) is 35.9 Å². The average Bonchev–Trinajstić information content (AvgIpc) is 3.11. The highest BCUT2D eigenvalue weighted by Crippen LogP contribution is 2.26. The minimum Gasteiger partial charge on any atom is -0.370 e. The zero-order valence-electron chi connectivity index (χ0n) is 16.6. The highest BCUT2D eigenvalue weighted by molar-refractivity contribution is 5.94. The molecule has 3 atom stereocenters. The van der Waals surface area contributed by atoms with Crippen LogP contribution >= 0.6 is 0 Å². The van der Waals surface area contributed by atoms with Crippen LogP contribution in [-0.4, -0.2) is 54.1 Å². The molecule has 154 valence electrons. The fourth-order valence-electron chi connectivity index (χ4n) is 3.32. The third-order valence-electron chi connectivity index (χ3n) is 5.34. The second-order valence-corrected chi connectivity index (χ2v) is 7.64. The summed E-state index contributed by atoms with van der Waals surface area (Å²) in [6, 6.07) is -0.508. The first-order valence-electron chi connectivity index (χ1n) is 9.66. The van der Waals surface area contributed by atoms with Crippen LogP contribution in [0.4, 0.5) is 4.39 Å². The Morgan fingerprint density at radius 3 is 2.44 bits per heavy atom. The summed E-state index contributed by atoms with van der Waals surface area (Å²) in [5.41, 5.74) is 10.5. The van der Waals surface area contributed by atoms with Crippen LogP contribution in [-0.2, 0) is 14.4 Å². The van der Waals surface area contributed by atoms with E-state index >= 15 is 0 Å². The van der Waals surface area contributed by atoms with Crippen LogP contribution in [0.3, 0.4) is 0 Å². The van der Waals surface area contributed by atoms with Gasteiger partial charge in [-0.25, -0.2) is 4.39 Å². The monoisotopic (exact) mass is 384 g/mol. The number of hydrogen-bond acceptors (Lipinski definition) is 4. The molecule has 0 saturated carbocycles. The van der Waals surface area contributed by atoms with E-state index in [0.717, 1.165) is 6.42 Å². The molecule has 27 heavy (non-hydrogen) atoms. The van der Waals surface area contributed by atoms with Gasteiger partial charge in [0, 0.05) is 31.3 Å². The lowest BCUT2D eigenvalue weighted by Gasteiger charge is -2.29. The van der Waals surface area contributed by atoms with Gasteiger partial charge in [0.05, 0.1) is 6.04 Å². The molecule has 0 bridgehead atoms. The van der Waals surface area contributed by atoms with Gasteiger partial charge in [-0.3, -0.25) is 19.4 Å². The Hall–Kier alpha value is -1.99. The number of likely N-dealkylation sites (tertiary alicyclic amines) is 1. The van der Waals surface area contributed by atoms with Gasteiger partial charge in [-0.1, -0.05) is 20.8 Å². The molecule has 0 unspecified atom stereocenters. The lowest BCUT2D eigenvalue weighted by Crippen LogP contribution is -2.44. The van der Waals surface area contributed by atoms with Crippen molar-refractivity contribution < 1.29 is 18.8 Å². The van der Waals surface area contributed by atoms with E-state index in [1.54, 1.807) is 4.90 Å². The Bertz CT molecular complexity index is 561. The predicted molar refractivity (Wildman–Crippen MR) is 103 cm³/mol. The summed E-state index contributed by atoms with van der Waals surface area (Å²) in [6.45, 7) is 5.60. The number of hydrogen-bond donors (Lipinski definition) is 2. The Morgan fingerprint density at radius 2 is 1.89 bits per heavy atom. The van der Waals surface area contributed by atoms with Crippen LogP contribution in [0.1, 0.15) is 52.9 Å². The van der Waals surface area contributed by atoms with Gasteiger partial charge < -0.3 is 16.4 Å². The summed E-state index contributed by atoms with van der Waals surface area (Å²) in [5.74, 6) is -1.49. The first-order chi connectivity index (χ1) is 12.7. The van der Waals surface area contributed by atoms with Crippen LogP contribution in [0, 0.1) is 17.8 Å². The van der Waals surface area contributed by atoms with Gasteiger partial charge in [0.1, 0.15) is 6.67 Å². The summed E-state index contributed by atoms with van der Waals surface area (Å²) in [6.07, 6.45) is 2.14. The van der Waals surface area contributed by atoms with Gasteiger partial charge in [0.15, 0.2) is 17.5 Å². The molecule has 4 N–H and O–H groups in total. The number of carbonyl (C=O) groups excluding carboxylic acids is 3. The molecule has 0 radical (unpaired) electrons. The normalized spacial score (nSPS) is 19.0. The smallest absolute Gasteiger partial charge is 0.226 e. The first kappa shape index (κ1) is 23.0. The molecule has 1 fully saturated rings. The van der Waals surface area contributed by atoms with Crippen LogP contribution < -0.4 is 11.5 Å². The number of Topliss-reactive ketones (excluding diaryl/α,β-unsaturated/α-hetero) is 2. The fourth-order valence-corrected chi connectivity index (χ4v) is 3.32. The van der Waals surface area contributed by atoms with Gasteiger partial charge in [-0.05, 0) is 31.6 Å². The minimum absolute atomic E-state index is 0.0259. The van der Waals surface area contributed by atoms with Crippen molar-refractivity contribution >= 4 is 23.4 Å². The van der Waals surface area contributed by atoms with Gasteiger partial charge in [-0.2, -0.15) is 0 Å². The summed E-state index contributed by atoms with van der Waals surface area (Å²) >= 11 is 0. The van der Waals surface area contributed by atoms with E-state index in [1.807, 2.05) is 20.8 Å². The quantitative estimate of drug-likeness (QED) is 0.317. The highest BCUT2D eigenvalue weighted by Gasteiger charge is 2.37. The molecule has 1 aliphatic rings. The first-order valence-corrected chi connectivity index (χ1v) is 9.66. The molecule has 1 amide bonds. The van der Waals surface area contributed by atoms with Gasteiger partial charge in [0.2, 0.25) is 5.91 Å². The van der Waals surface area contributed by atoms with Crippen LogP contribution in [0.5, 0.6) is 0 Å². The van der Waals surface area contributed by atoms with Gasteiger partial charge in [-0.15, -0.1) is 0 Å². The maximum Gasteiger partial charge on any atom is 0.226 e. The molecule has 1 saturated heterocycles. The average molecular weight is 384 g/mol. The van der Waals surface area contributed by atoms with E-state index in [4.69, 9.17) is 11.5 Å². The molecule has 1 rings (SSSR count). The lowest BCUT2D eigenvalue weighted by atomic mass is 9.89. The minimum atomic E-state index is -1.10. The van der Waals surface area contributed by atoms with Crippen molar-refractivity contribution in [2.45, 2.75) is 58.9 Å². The zero-order valence-corrected chi connectivity index (χ0v) is 16.6. The van der Waals surface area contributed by atoms with Gasteiger partial charge in [0.25, 0.3) is 0 Å². The molecule has 1 heterocycles. The number of ketones is 2. The largest absolute Gasteiger partial charge is 0.370 e. The molecule has 0 aromatic heterocycles. The number of nitrogens with two attached hydrogens (primary N) is 2. The molecule has 0 spiro atoms. The van der Waals surface area contributed by atoms with E-state index in [0.29, 0.717) is 32.4 Å². The van der Waals surface area contributed by atoms with E-state index in [9.17, 15) is 18.8 Å². The van der Waals surface area contributed by atoms with Crippen LogP contribution in [0.15, 0.2) is 4.99 Å². The van der Waals surface area contributed by atoms with Crippen molar-refractivity contribution in [1.29, 1.82) is 0 Å². The van der Waals surface area contributed by atoms with E-state index in [2.05, 4.69) is 4.99 Å². The maximum absolute atomic E-state index is 12.9. The van der Waals surface area contributed by atoms with Crippen LogP contribution in [0.2, 0.25) is 0 Å². The Morgan fingerprint density at radius 1 is 1.22 bits per heavy atom. The molecular weight excluding hydrogens is 351 g/mol. The Labute approximate surface area is 160 Å². The summed E-state index contributed by atoms with van der Waals surface area (Å²) in [5, 5.41) is 0. The number of alkyl halides is 1. The second kappa shape index (κ2) is 11.0.